The van der Waals surface area contributed by atoms with Crippen LogP contribution in [0.15, 0.2) is 114 Å². The van der Waals surface area contributed by atoms with Crippen molar-refractivity contribution < 1.29 is 67.8 Å². The van der Waals surface area contributed by atoms with Crippen LogP contribution < -0.4 is 47.7 Å². The second-order valence-corrected chi connectivity index (χ2v) is 25.9. The van der Waals surface area contributed by atoms with Gasteiger partial charge in [0.25, 0.3) is 0 Å². The second-order valence-electron chi connectivity index (χ2n) is 23.2. The first-order chi connectivity index (χ1) is 42.7. The normalized spacial score (nSPS) is 26.9. The van der Waals surface area contributed by atoms with Gasteiger partial charge < -0.3 is 67.2 Å². The SMILES string of the molecule is CC[C@H](C)[C@@H]1NC(=O)CNC(=O)C2Cc3c4[nH]c5cc(ccc35)OC(CCCSC(c3ccccc3)(c3ccccc3)c3ccccc3)(C(=O)[C@H](CCC(N)=O)NC(=O)C(C[S+]4[O-])NC(=O)CNC1=O)N1C[C@H](O)C[C@]1(C=O)N[C@@H]([C@@H](C)[C@@H](O)CO)C(=O)N2. The van der Waals surface area contributed by atoms with Gasteiger partial charge in [-0.25, -0.2) is 4.90 Å². The number of H-pyrrole nitrogens is 1. The van der Waals surface area contributed by atoms with Crippen LogP contribution in [0, 0.1) is 11.8 Å². The number of aliphatic hydroxyl groups excluding tert-OH is 3. The van der Waals surface area contributed by atoms with Crippen LogP contribution >= 0.6 is 11.8 Å². The van der Waals surface area contributed by atoms with Gasteiger partial charge in [0.1, 0.15) is 29.2 Å². The highest BCUT2D eigenvalue weighted by atomic mass is 32.2. The number of benzene rings is 4. The van der Waals surface area contributed by atoms with Crippen molar-refractivity contribution >= 4 is 87.3 Å². The van der Waals surface area contributed by atoms with E-state index in [-0.39, 0.29) is 40.5 Å². The average Bonchev–Trinajstić information content (AvgIpc) is 1.72. The van der Waals surface area contributed by atoms with Crippen LogP contribution in [0.25, 0.3) is 10.9 Å². The minimum atomic E-state index is -2.55. The number of ketones is 1. The van der Waals surface area contributed by atoms with Crippen LogP contribution in [0.4, 0.5) is 0 Å². The zero-order chi connectivity index (χ0) is 63.8. The molecule has 474 valence electrons. The number of hydrogen-bond acceptors (Lipinski definition) is 17. The molecule has 1 aromatic heterocycles. The fourth-order valence-corrected chi connectivity index (χ4v) is 15.3. The Labute approximate surface area is 521 Å². The number of amides is 7. The molecular formula is C63H76N10O14S2. The highest BCUT2D eigenvalue weighted by molar-refractivity contribution is 8.00. The average molecular weight is 1260 g/mol. The summed E-state index contributed by atoms with van der Waals surface area (Å²) in [6, 6.07) is 25.6. The summed E-state index contributed by atoms with van der Waals surface area (Å²) in [7, 11) is 0. The Morgan fingerprint density at radius 3 is 2.04 bits per heavy atom. The van der Waals surface area contributed by atoms with Gasteiger partial charge in [0.15, 0.2) is 12.3 Å². The zero-order valence-corrected chi connectivity index (χ0v) is 51.2. The Balaban J connectivity index is 1.29. The van der Waals surface area contributed by atoms with Crippen molar-refractivity contribution in [3.05, 3.63) is 131 Å². The maximum atomic E-state index is 16.9. The lowest BCUT2D eigenvalue weighted by atomic mass is 9.84. The van der Waals surface area contributed by atoms with Crippen molar-refractivity contribution in [2.24, 2.45) is 17.6 Å². The van der Waals surface area contributed by atoms with Crippen LogP contribution in [-0.2, 0) is 65.5 Å². The second kappa shape index (κ2) is 28.4. The van der Waals surface area contributed by atoms with Crippen molar-refractivity contribution in [1.82, 2.24) is 47.1 Å². The number of aliphatic hydroxyl groups is 3. The van der Waals surface area contributed by atoms with E-state index in [4.69, 9.17) is 10.5 Å². The predicted molar refractivity (Wildman–Crippen MR) is 329 cm³/mol. The molecule has 0 saturated carbocycles. The third kappa shape index (κ3) is 14.0. The number of thioether (sulfide) groups is 1. The first-order valence-electron chi connectivity index (χ1n) is 29.8. The number of Topliss-reactive ketones (excluding diaryl/α,β-unsaturated/α-hetero) is 1. The van der Waals surface area contributed by atoms with Crippen molar-refractivity contribution in [2.75, 3.05) is 37.7 Å². The molecule has 13 N–H and O–H groups in total. The molecule has 0 spiro atoms. The smallest absolute Gasteiger partial charge is 0.248 e. The first-order valence-corrected chi connectivity index (χ1v) is 32.1. The van der Waals surface area contributed by atoms with E-state index in [9.17, 15) is 44.1 Å². The van der Waals surface area contributed by atoms with Gasteiger partial charge in [-0.3, -0.25) is 48.5 Å². The van der Waals surface area contributed by atoms with E-state index in [0.29, 0.717) is 18.1 Å². The molecule has 6 heterocycles. The number of ether oxygens (including phenoxy) is 1. The third-order valence-electron chi connectivity index (χ3n) is 17.3. The molecule has 8 bridgehead atoms. The number of aldehydes is 1. The standard InChI is InChI=1S/C63H76N10O14S2/c1-4-36(2)53-58(84)66-30-51(79)67-48-34-89(86)60-44-28-47(56(82)65-31-52(80)71-53)69-59(85)54(37(3)49(77)33-74)72-61(35-75)29-41(76)32-73(61)62(87-42-21-22-43(44)46(27-42)70-60,55(81)45(68-57(48)83)23-24-50(64)78)25-14-26-88-63(38-15-8-5-9-16-38,39-17-10-6-11-18-39)40-19-12-7-13-20-40/h5-13,15-22,27,35-37,41,45,47-49,53-54,70,72,74,76-77H,4,14,23-26,28-34H2,1-3H3,(H2,64,78)(H,65,82)(H,66,84)(H,67,79)(H,68,83)(H,69,85)(H,71,80)/t36-,37-,41+,45-,47?,48?,49-,53-,54-,61-,62?,89?/m0/s1. The molecule has 5 aliphatic heterocycles. The van der Waals surface area contributed by atoms with E-state index < -0.39 is 186 Å². The highest BCUT2D eigenvalue weighted by Gasteiger charge is 2.62. The van der Waals surface area contributed by atoms with Crippen LogP contribution in [-0.4, -0.2) is 175 Å². The minimum absolute atomic E-state index is 0.0430. The lowest BCUT2D eigenvalue weighted by molar-refractivity contribution is -0.175. The first kappa shape index (κ1) is 65.7. The number of nitrogens with one attached hydrogen (secondary N) is 8. The summed E-state index contributed by atoms with van der Waals surface area (Å²) < 4.78 is 21.6. The van der Waals surface area contributed by atoms with Crippen molar-refractivity contribution in [1.29, 1.82) is 0 Å². The number of fused-ring (bicyclic) bond motifs is 6. The summed E-state index contributed by atoms with van der Waals surface area (Å²) in [6.45, 7) is 1.86. The molecule has 12 atom stereocenters. The number of nitrogens with two attached hydrogens (primary N) is 1. The molecule has 26 heteroatoms. The maximum Gasteiger partial charge on any atom is 0.248 e. The molecule has 1 saturated heterocycles. The zero-order valence-electron chi connectivity index (χ0n) is 49.5. The van der Waals surface area contributed by atoms with Crippen LogP contribution in [0.3, 0.4) is 0 Å². The molecule has 10 rings (SSSR count). The molecule has 0 aliphatic carbocycles. The number of aromatic nitrogens is 1. The van der Waals surface area contributed by atoms with E-state index in [1.54, 1.807) is 19.9 Å². The van der Waals surface area contributed by atoms with Crippen molar-refractivity contribution in [3.8, 4) is 5.75 Å². The highest BCUT2D eigenvalue weighted by Crippen LogP contribution is 2.50. The van der Waals surface area contributed by atoms with Gasteiger partial charge in [0, 0.05) is 66.3 Å². The number of hydrogen-bond donors (Lipinski definition) is 12. The number of aromatic amines is 1. The number of nitrogens with zero attached hydrogens (tertiary/aromatic N) is 1. The van der Waals surface area contributed by atoms with Gasteiger partial charge in [0.2, 0.25) is 57.9 Å². The fraction of sp³-hybridized carbons (Fsp3) is 0.444. The van der Waals surface area contributed by atoms with Crippen molar-refractivity contribution in [3.63, 3.8) is 0 Å². The Hall–Kier alpha value is -7.69. The quantitative estimate of drug-likeness (QED) is 0.0259. The molecule has 4 aromatic carbocycles. The number of primary amides is 1. The van der Waals surface area contributed by atoms with Gasteiger partial charge in [0.05, 0.1) is 54.3 Å². The summed E-state index contributed by atoms with van der Waals surface area (Å²) in [5.41, 5.74) is 3.98. The number of carbonyl (C=O) groups is 9. The molecular weight excluding hydrogens is 1180 g/mol. The molecule has 5 aliphatic rings. The van der Waals surface area contributed by atoms with E-state index >= 15 is 18.9 Å². The van der Waals surface area contributed by atoms with Crippen LogP contribution in [0.1, 0.15) is 81.5 Å². The predicted octanol–water partition coefficient (Wildman–Crippen LogP) is 0.401. The summed E-state index contributed by atoms with van der Waals surface area (Å²) in [6.07, 6.45) is -4.89. The Bertz CT molecular complexity index is 3320. The largest absolute Gasteiger partial charge is 0.610 e. The van der Waals surface area contributed by atoms with E-state index in [1.165, 1.54) is 35.7 Å². The third-order valence-corrected chi connectivity index (χ3v) is 20.4. The maximum absolute atomic E-state index is 16.9. The monoisotopic (exact) mass is 1260 g/mol. The topological polar surface area (TPSA) is 376 Å². The Kier molecular flexibility index (Phi) is 21.0. The van der Waals surface area contributed by atoms with Gasteiger partial charge in [-0.15, -0.1) is 11.8 Å². The summed E-state index contributed by atoms with van der Waals surface area (Å²) >= 11 is -0.828. The molecule has 1 fully saturated rings. The minimum Gasteiger partial charge on any atom is -0.610 e. The molecule has 7 amide bonds. The molecule has 4 unspecified atom stereocenters. The van der Waals surface area contributed by atoms with Gasteiger partial charge in [-0.2, -0.15) is 0 Å². The van der Waals surface area contributed by atoms with E-state index in [2.05, 4.69) is 42.2 Å². The van der Waals surface area contributed by atoms with Crippen molar-refractivity contribution in [2.45, 2.75) is 129 Å². The molecule has 89 heavy (non-hydrogen) atoms. The fourth-order valence-electron chi connectivity index (χ4n) is 12.4. The molecule has 24 nitrogen and oxygen atoms in total. The Morgan fingerprint density at radius 2 is 1.45 bits per heavy atom. The lowest BCUT2D eigenvalue weighted by Crippen LogP contribution is -2.74. The van der Waals surface area contributed by atoms with Crippen LogP contribution in [0.2, 0.25) is 0 Å². The van der Waals surface area contributed by atoms with Crippen LogP contribution in [0.5, 0.6) is 5.75 Å². The Morgan fingerprint density at radius 1 is 0.831 bits per heavy atom. The van der Waals surface area contributed by atoms with Gasteiger partial charge in [-0.05, 0) is 53.3 Å². The van der Waals surface area contributed by atoms with E-state index in [0.717, 1.165) is 16.7 Å². The summed E-state index contributed by atoms with van der Waals surface area (Å²) in [4.78, 5) is 136. The lowest BCUT2D eigenvalue weighted by Gasteiger charge is -2.49. The number of carbonyl (C=O) groups excluding carboxylic acids is 9. The summed E-state index contributed by atoms with van der Waals surface area (Å²) in [5.74, 6) is -10.0. The number of rotatable bonds is 17. The van der Waals surface area contributed by atoms with E-state index in [1.807, 2.05) is 91.0 Å². The molecule has 0 radical (unpaired) electrons. The molecule has 5 aromatic rings. The summed E-state index contributed by atoms with van der Waals surface area (Å²) in [5, 5.41) is 53.0. The van der Waals surface area contributed by atoms with Gasteiger partial charge >= 0.3 is 0 Å². The van der Waals surface area contributed by atoms with Gasteiger partial charge in [-0.1, -0.05) is 118 Å².